The molecular formula is C19H25NO2. The van der Waals surface area contributed by atoms with Crippen molar-refractivity contribution in [3.8, 4) is 0 Å². The fourth-order valence-electron chi connectivity index (χ4n) is 4.64. The van der Waals surface area contributed by atoms with Crippen molar-refractivity contribution in [2.75, 3.05) is 26.3 Å². The molecule has 1 aromatic rings. The maximum atomic E-state index is 13.1. The lowest BCUT2D eigenvalue weighted by molar-refractivity contribution is -0.138. The van der Waals surface area contributed by atoms with Gasteiger partial charge in [-0.05, 0) is 55.1 Å². The number of nitrogens with zero attached hydrogens (tertiary/aromatic N) is 1. The molecule has 0 saturated carbocycles. The highest BCUT2D eigenvalue weighted by Crippen LogP contribution is 2.41. The van der Waals surface area contributed by atoms with Gasteiger partial charge in [-0.25, -0.2) is 0 Å². The molecule has 0 bridgehead atoms. The van der Waals surface area contributed by atoms with Crippen LogP contribution in [0, 0.1) is 5.41 Å². The highest BCUT2D eigenvalue weighted by molar-refractivity contribution is 5.85. The normalized spacial score (nSPS) is 26.9. The summed E-state index contributed by atoms with van der Waals surface area (Å²) in [6.45, 7) is 3.64. The molecule has 4 rings (SSSR count). The predicted molar refractivity (Wildman–Crippen MR) is 85.8 cm³/mol. The number of aryl methyl sites for hydroxylation is 1. The monoisotopic (exact) mass is 299 g/mol. The zero-order chi connectivity index (χ0) is 15.0. The molecule has 2 aliphatic heterocycles. The van der Waals surface area contributed by atoms with Crippen molar-refractivity contribution in [1.82, 2.24) is 4.90 Å². The number of carbonyl (C=O) groups is 1. The summed E-state index contributed by atoms with van der Waals surface area (Å²) in [5.74, 6) is 0.474. The van der Waals surface area contributed by atoms with Crippen LogP contribution in [-0.4, -0.2) is 37.1 Å². The number of carbonyl (C=O) groups excluding carboxylic acids is 1. The lowest BCUT2D eigenvalue weighted by Gasteiger charge is -2.45. The predicted octanol–water partition coefficient (Wildman–Crippen LogP) is 3.14. The van der Waals surface area contributed by atoms with Gasteiger partial charge in [-0.2, -0.15) is 0 Å². The topological polar surface area (TPSA) is 29.5 Å². The van der Waals surface area contributed by atoms with E-state index >= 15 is 0 Å². The molecule has 118 valence electrons. The van der Waals surface area contributed by atoms with Crippen LogP contribution < -0.4 is 0 Å². The summed E-state index contributed by atoms with van der Waals surface area (Å²) in [5.41, 5.74) is 2.99. The first-order chi connectivity index (χ1) is 10.8. The number of amides is 1. The summed E-state index contributed by atoms with van der Waals surface area (Å²) in [7, 11) is 0. The van der Waals surface area contributed by atoms with E-state index in [1.807, 2.05) is 0 Å². The van der Waals surface area contributed by atoms with Crippen molar-refractivity contribution < 1.29 is 9.53 Å². The summed E-state index contributed by atoms with van der Waals surface area (Å²) in [4.78, 5) is 15.3. The van der Waals surface area contributed by atoms with Crippen molar-refractivity contribution in [1.29, 1.82) is 0 Å². The highest BCUT2D eigenvalue weighted by Gasteiger charge is 2.40. The fraction of sp³-hybridized carbons (Fsp3) is 0.632. The molecule has 22 heavy (non-hydrogen) atoms. The van der Waals surface area contributed by atoms with E-state index in [1.54, 1.807) is 0 Å². The molecule has 3 aliphatic rings. The third-order valence-corrected chi connectivity index (χ3v) is 5.96. The van der Waals surface area contributed by atoms with Gasteiger partial charge in [0.15, 0.2) is 0 Å². The van der Waals surface area contributed by atoms with E-state index in [9.17, 15) is 4.79 Å². The van der Waals surface area contributed by atoms with Gasteiger partial charge in [-0.1, -0.05) is 24.3 Å². The molecule has 2 fully saturated rings. The van der Waals surface area contributed by atoms with Gasteiger partial charge < -0.3 is 9.64 Å². The summed E-state index contributed by atoms with van der Waals surface area (Å²) >= 11 is 0. The van der Waals surface area contributed by atoms with Crippen LogP contribution in [-0.2, 0) is 16.0 Å². The summed E-state index contributed by atoms with van der Waals surface area (Å²) in [6.07, 6.45) is 6.71. The SMILES string of the molecule is O=C([C@H]1CCc2ccccc21)N1CCCC2(CCOCC2)C1. The lowest BCUT2D eigenvalue weighted by Crippen LogP contribution is -2.49. The van der Waals surface area contributed by atoms with E-state index in [1.165, 1.54) is 17.5 Å². The van der Waals surface area contributed by atoms with Gasteiger partial charge in [0.05, 0.1) is 5.92 Å². The third-order valence-electron chi connectivity index (χ3n) is 5.96. The number of hydrogen-bond donors (Lipinski definition) is 0. The minimum absolute atomic E-state index is 0.103. The van der Waals surface area contributed by atoms with E-state index in [0.29, 0.717) is 11.3 Å². The first-order valence-electron chi connectivity index (χ1n) is 8.72. The molecular weight excluding hydrogens is 274 g/mol. The number of fused-ring (bicyclic) bond motifs is 1. The molecule has 0 aromatic heterocycles. The van der Waals surface area contributed by atoms with Gasteiger partial charge in [-0.3, -0.25) is 4.79 Å². The van der Waals surface area contributed by atoms with Crippen LogP contribution in [0.2, 0.25) is 0 Å². The Bertz CT molecular complexity index is 557. The number of rotatable bonds is 1. The summed E-state index contributed by atoms with van der Waals surface area (Å²) < 4.78 is 5.54. The van der Waals surface area contributed by atoms with Crippen molar-refractivity contribution in [2.45, 2.75) is 44.4 Å². The standard InChI is InChI=1S/C19H25NO2/c21-18(17-7-6-15-4-1-2-5-16(15)17)20-11-3-8-19(14-20)9-12-22-13-10-19/h1-2,4-5,17H,3,6-14H2/t17-/m0/s1. The molecule has 0 radical (unpaired) electrons. The Hall–Kier alpha value is -1.35. The molecule has 1 spiro atoms. The number of benzene rings is 1. The summed E-state index contributed by atoms with van der Waals surface area (Å²) in [6, 6.07) is 8.49. The van der Waals surface area contributed by atoms with Crippen molar-refractivity contribution >= 4 is 5.91 Å². The molecule has 0 N–H and O–H groups in total. The molecule has 1 amide bonds. The van der Waals surface area contributed by atoms with Gasteiger partial charge in [0.1, 0.15) is 0 Å². The maximum Gasteiger partial charge on any atom is 0.230 e. The Morgan fingerprint density at radius 3 is 2.86 bits per heavy atom. The molecule has 0 unspecified atom stereocenters. The number of likely N-dealkylation sites (tertiary alicyclic amines) is 1. The first-order valence-corrected chi connectivity index (χ1v) is 8.72. The molecule has 3 nitrogen and oxygen atoms in total. The Morgan fingerprint density at radius 1 is 1.18 bits per heavy atom. The molecule has 2 heterocycles. The van der Waals surface area contributed by atoms with E-state index < -0.39 is 0 Å². The van der Waals surface area contributed by atoms with Crippen LogP contribution in [0.15, 0.2) is 24.3 Å². The van der Waals surface area contributed by atoms with E-state index in [0.717, 1.165) is 58.4 Å². The number of piperidine rings is 1. The third kappa shape index (κ3) is 2.45. The van der Waals surface area contributed by atoms with E-state index in [4.69, 9.17) is 4.74 Å². The molecule has 2 saturated heterocycles. The average molecular weight is 299 g/mol. The minimum Gasteiger partial charge on any atom is -0.381 e. The van der Waals surface area contributed by atoms with Crippen molar-refractivity contribution in [3.05, 3.63) is 35.4 Å². The van der Waals surface area contributed by atoms with Gasteiger partial charge in [-0.15, -0.1) is 0 Å². The Morgan fingerprint density at radius 2 is 2.00 bits per heavy atom. The Kier molecular flexibility index (Phi) is 3.69. The van der Waals surface area contributed by atoms with Crippen LogP contribution in [0.1, 0.15) is 49.1 Å². The molecule has 1 atom stereocenters. The quantitative estimate of drug-likeness (QED) is 0.797. The number of ether oxygens (including phenoxy) is 1. The minimum atomic E-state index is 0.103. The maximum absolute atomic E-state index is 13.1. The largest absolute Gasteiger partial charge is 0.381 e. The van der Waals surface area contributed by atoms with Crippen molar-refractivity contribution in [3.63, 3.8) is 0 Å². The van der Waals surface area contributed by atoms with Gasteiger partial charge in [0.25, 0.3) is 0 Å². The van der Waals surface area contributed by atoms with Crippen LogP contribution in [0.5, 0.6) is 0 Å². The van der Waals surface area contributed by atoms with Crippen molar-refractivity contribution in [2.24, 2.45) is 5.41 Å². The Labute approximate surface area is 132 Å². The zero-order valence-electron chi connectivity index (χ0n) is 13.2. The van der Waals surface area contributed by atoms with Gasteiger partial charge >= 0.3 is 0 Å². The zero-order valence-corrected chi connectivity index (χ0v) is 13.2. The second-order valence-electron chi connectivity index (χ2n) is 7.27. The Balaban J connectivity index is 1.51. The van der Waals surface area contributed by atoms with Gasteiger partial charge in [0, 0.05) is 26.3 Å². The van der Waals surface area contributed by atoms with Crippen LogP contribution >= 0.6 is 0 Å². The van der Waals surface area contributed by atoms with Gasteiger partial charge in [0.2, 0.25) is 5.91 Å². The second kappa shape index (κ2) is 5.69. The summed E-state index contributed by atoms with van der Waals surface area (Å²) in [5, 5.41) is 0. The smallest absolute Gasteiger partial charge is 0.230 e. The fourth-order valence-corrected chi connectivity index (χ4v) is 4.64. The first kappa shape index (κ1) is 14.3. The van der Waals surface area contributed by atoms with E-state index in [2.05, 4.69) is 29.2 Å². The molecule has 1 aromatic carbocycles. The van der Waals surface area contributed by atoms with Crippen LogP contribution in [0.3, 0.4) is 0 Å². The molecule has 3 heteroatoms. The lowest BCUT2D eigenvalue weighted by atomic mass is 9.73. The van der Waals surface area contributed by atoms with Crippen LogP contribution in [0.25, 0.3) is 0 Å². The number of hydrogen-bond acceptors (Lipinski definition) is 2. The van der Waals surface area contributed by atoms with Crippen LogP contribution in [0.4, 0.5) is 0 Å². The average Bonchev–Trinajstić information content (AvgIpc) is 2.99. The molecule has 1 aliphatic carbocycles. The highest BCUT2D eigenvalue weighted by atomic mass is 16.5. The second-order valence-corrected chi connectivity index (χ2v) is 7.27. The van der Waals surface area contributed by atoms with E-state index in [-0.39, 0.29) is 5.92 Å².